The lowest BCUT2D eigenvalue weighted by Gasteiger charge is -2.07. The molecule has 1 aliphatic rings. The molecule has 16 heavy (non-hydrogen) atoms. The molecule has 1 aromatic carbocycles. The highest BCUT2D eigenvalue weighted by Crippen LogP contribution is 2.30. The first-order chi connectivity index (χ1) is 7.70. The summed E-state index contributed by atoms with van der Waals surface area (Å²) in [5.74, 6) is 0.230. The molecule has 1 heterocycles. The van der Waals surface area contributed by atoms with E-state index in [0.717, 1.165) is 12.0 Å². The molecule has 0 radical (unpaired) electrons. The zero-order valence-electron chi connectivity index (χ0n) is 8.83. The summed E-state index contributed by atoms with van der Waals surface area (Å²) >= 11 is 0. The smallest absolute Gasteiger partial charge is 0.269 e. The standard InChI is InChI=1S/C11H14N2O3/c12-6-11-5-9(7-16-11)8-2-1-3-10(4-8)13(14)15/h1-4,9,11H,5-7,12H2/t9-,11+/m0/s1. The van der Waals surface area contributed by atoms with Crippen molar-refractivity contribution in [3.8, 4) is 0 Å². The maximum Gasteiger partial charge on any atom is 0.269 e. The Morgan fingerprint density at radius 1 is 1.56 bits per heavy atom. The van der Waals surface area contributed by atoms with Gasteiger partial charge in [-0.25, -0.2) is 0 Å². The molecule has 0 spiro atoms. The largest absolute Gasteiger partial charge is 0.376 e. The van der Waals surface area contributed by atoms with Crippen LogP contribution in [0.25, 0.3) is 0 Å². The van der Waals surface area contributed by atoms with Crippen molar-refractivity contribution in [1.82, 2.24) is 0 Å². The van der Waals surface area contributed by atoms with Crippen LogP contribution in [0.2, 0.25) is 0 Å². The van der Waals surface area contributed by atoms with E-state index in [-0.39, 0.29) is 22.6 Å². The molecule has 0 amide bonds. The van der Waals surface area contributed by atoms with Crippen LogP contribution in [0.4, 0.5) is 5.69 Å². The summed E-state index contributed by atoms with van der Waals surface area (Å²) in [4.78, 5) is 10.3. The molecule has 1 saturated heterocycles. The number of rotatable bonds is 3. The highest BCUT2D eigenvalue weighted by molar-refractivity contribution is 5.36. The quantitative estimate of drug-likeness (QED) is 0.619. The third kappa shape index (κ3) is 2.20. The Bertz CT molecular complexity index is 395. The SMILES string of the molecule is NC[C@H]1C[C@H](c2cccc([N+](=O)[O-])c2)CO1. The number of nitro benzene ring substituents is 1. The number of hydrogen-bond donors (Lipinski definition) is 1. The molecule has 5 heteroatoms. The zero-order valence-corrected chi connectivity index (χ0v) is 8.83. The summed E-state index contributed by atoms with van der Waals surface area (Å²) in [5, 5.41) is 10.6. The zero-order chi connectivity index (χ0) is 11.5. The van der Waals surface area contributed by atoms with Crippen LogP contribution in [-0.2, 0) is 4.74 Å². The number of non-ortho nitro benzene ring substituents is 1. The average Bonchev–Trinajstić information content (AvgIpc) is 2.77. The lowest BCUT2D eigenvalue weighted by Crippen LogP contribution is -2.18. The summed E-state index contributed by atoms with van der Waals surface area (Å²) in [6, 6.07) is 6.73. The van der Waals surface area contributed by atoms with Crippen LogP contribution in [0.15, 0.2) is 24.3 Å². The number of benzene rings is 1. The molecular formula is C11H14N2O3. The van der Waals surface area contributed by atoms with Gasteiger partial charge in [0.1, 0.15) is 0 Å². The monoisotopic (exact) mass is 222 g/mol. The van der Waals surface area contributed by atoms with Crippen LogP contribution in [0.3, 0.4) is 0 Å². The fourth-order valence-electron chi connectivity index (χ4n) is 1.99. The predicted octanol–water partition coefficient (Wildman–Crippen LogP) is 1.43. The van der Waals surface area contributed by atoms with E-state index < -0.39 is 0 Å². The second kappa shape index (κ2) is 4.59. The van der Waals surface area contributed by atoms with Crippen LogP contribution < -0.4 is 5.73 Å². The van der Waals surface area contributed by atoms with E-state index >= 15 is 0 Å². The molecule has 0 saturated carbocycles. The van der Waals surface area contributed by atoms with E-state index in [1.165, 1.54) is 6.07 Å². The summed E-state index contributed by atoms with van der Waals surface area (Å²) < 4.78 is 5.47. The van der Waals surface area contributed by atoms with Gasteiger partial charge in [0.15, 0.2) is 0 Å². The van der Waals surface area contributed by atoms with E-state index in [0.29, 0.717) is 13.2 Å². The van der Waals surface area contributed by atoms with Crippen molar-refractivity contribution in [2.24, 2.45) is 5.73 Å². The molecular weight excluding hydrogens is 208 g/mol. The predicted molar refractivity (Wildman–Crippen MR) is 59.2 cm³/mol. The van der Waals surface area contributed by atoms with Gasteiger partial charge in [-0.3, -0.25) is 10.1 Å². The number of nitro groups is 1. The van der Waals surface area contributed by atoms with E-state index in [1.807, 2.05) is 6.07 Å². The Hall–Kier alpha value is -1.46. The fraction of sp³-hybridized carbons (Fsp3) is 0.455. The van der Waals surface area contributed by atoms with E-state index in [1.54, 1.807) is 12.1 Å². The van der Waals surface area contributed by atoms with Crippen molar-refractivity contribution in [3.05, 3.63) is 39.9 Å². The topological polar surface area (TPSA) is 78.4 Å². The Labute approximate surface area is 93.4 Å². The number of nitrogens with zero attached hydrogens (tertiary/aromatic N) is 1. The second-order valence-corrected chi connectivity index (χ2v) is 3.98. The Kier molecular flexibility index (Phi) is 3.17. The number of ether oxygens (including phenoxy) is 1. The van der Waals surface area contributed by atoms with Crippen LogP contribution in [0.1, 0.15) is 17.9 Å². The Morgan fingerprint density at radius 2 is 2.38 bits per heavy atom. The van der Waals surface area contributed by atoms with E-state index in [2.05, 4.69) is 0 Å². The van der Waals surface area contributed by atoms with Gasteiger partial charge in [0.25, 0.3) is 5.69 Å². The van der Waals surface area contributed by atoms with Crippen molar-refractivity contribution in [2.75, 3.05) is 13.2 Å². The van der Waals surface area contributed by atoms with E-state index in [4.69, 9.17) is 10.5 Å². The van der Waals surface area contributed by atoms with Gasteiger partial charge in [0.05, 0.1) is 17.6 Å². The van der Waals surface area contributed by atoms with Gasteiger partial charge >= 0.3 is 0 Å². The summed E-state index contributed by atoms with van der Waals surface area (Å²) in [7, 11) is 0. The molecule has 2 N–H and O–H groups in total. The summed E-state index contributed by atoms with van der Waals surface area (Å²) in [6.07, 6.45) is 0.932. The minimum absolute atomic E-state index is 0.0873. The van der Waals surface area contributed by atoms with Crippen molar-refractivity contribution >= 4 is 5.69 Å². The molecule has 0 aliphatic carbocycles. The first-order valence-corrected chi connectivity index (χ1v) is 5.26. The number of nitrogens with two attached hydrogens (primary N) is 1. The normalized spacial score (nSPS) is 24.6. The minimum atomic E-state index is -0.375. The van der Waals surface area contributed by atoms with Gasteiger partial charge in [0.2, 0.25) is 0 Å². The van der Waals surface area contributed by atoms with Gasteiger partial charge in [-0.2, -0.15) is 0 Å². The Morgan fingerprint density at radius 3 is 3.00 bits per heavy atom. The van der Waals surface area contributed by atoms with E-state index in [9.17, 15) is 10.1 Å². The van der Waals surface area contributed by atoms with Crippen molar-refractivity contribution in [1.29, 1.82) is 0 Å². The molecule has 1 fully saturated rings. The Balaban J connectivity index is 2.15. The van der Waals surface area contributed by atoms with Gasteiger partial charge in [-0.05, 0) is 12.0 Å². The lowest BCUT2D eigenvalue weighted by molar-refractivity contribution is -0.384. The van der Waals surface area contributed by atoms with Gasteiger partial charge in [-0.15, -0.1) is 0 Å². The number of hydrogen-bond acceptors (Lipinski definition) is 4. The molecule has 1 aromatic rings. The first-order valence-electron chi connectivity index (χ1n) is 5.26. The highest BCUT2D eigenvalue weighted by Gasteiger charge is 2.26. The van der Waals surface area contributed by atoms with Crippen LogP contribution in [0, 0.1) is 10.1 Å². The van der Waals surface area contributed by atoms with Crippen molar-refractivity contribution in [3.63, 3.8) is 0 Å². The third-order valence-corrected chi connectivity index (χ3v) is 2.90. The molecule has 5 nitrogen and oxygen atoms in total. The highest BCUT2D eigenvalue weighted by atomic mass is 16.6. The molecule has 0 aromatic heterocycles. The minimum Gasteiger partial charge on any atom is -0.376 e. The molecule has 2 rings (SSSR count). The van der Waals surface area contributed by atoms with Gasteiger partial charge in [-0.1, -0.05) is 12.1 Å². The maximum atomic E-state index is 10.6. The fourth-order valence-corrected chi connectivity index (χ4v) is 1.99. The molecule has 0 bridgehead atoms. The van der Waals surface area contributed by atoms with Crippen LogP contribution in [-0.4, -0.2) is 24.2 Å². The second-order valence-electron chi connectivity index (χ2n) is 3.98. The lowest BCUT2D eigenvalue weighted by atomic mass is 9.96. The van der Waals surface area contributed by atoms with Crippen molar-refractivity contribution < 1.29 is 9.66 Å². The maximum absolute atomic E-state index is 10.6. The van der Waals surface area contributed by atoms with Gasteiger partial charge < -0.3 is 10.5 Å². The van der Waals surface area contributed by atoms with Crippen LogP contribution in [0.5, 0.6) is 0 Å². The first kappa shape index (κ1) is 11.0. The van der Waals surface area contributed by atoms with Gasteiger partial charge in [0, 0.05) is 24.6 Å². The summed E-state index contributed by atoms with van der Waals surface area (Å²) in [6.45, 7) is 1.11. The third-order valence-electron chi connectivity index (χ3n) is 2.90. The molecule has 2 atom stereocenters. The van der Waals surface area contributed by atoms with Crippen molar-refractivity contribution in [2.45, 2.75) is 18.4 Å². The molecule has 0 unspecified atom stereocenters. The van der Waals surface area contributed by atoms with Crippen LogP contribution >= 0.6 is 0 Å². The molecule has 86 valence electrons. The average molecular weight is 222 g/mol. The molecule has 1 aliphatic heterocycles. The summed E-state index contributed by atoms with van der Waals surface area (Å²) in [5.41, 5.74) is 6.62.